The molecule has 9 heteroatoms. The van der Waals surface area contributed by atoms with Gasteiger partial charge in [-0.05, 0) is 78.9 Å². The number of hydrogen-bond donors (Lipinski definition) is 1. The van der Waals surface area contributed by atoms with Gasteiger partial charge in [0.2, 0.25) is 5.95 Å². The zero-order valence-electron chi connectivity index (χ0n) is 19.1. The third kappa shape index (κ3) is 6.13. The summed E-state index contributed by atoms with van der Waals surface area (Å²) in [4.78, 5) is 15.8. The van der Waals surface area contributed by atoms with Gasteiger partial charge < -0.3 is 5.32 Å². The number of benzene rings is 1. The summed E-state index contributed by atoms with van der Waals surface area (Å²) in [5.41, 5.74) is 1.73. The molecule has 2 unspecified atom stereocenters. The van der Waals surface area contributed by atoms with Crippen molar-refractivity contribution in [2.45, 2.75) is 57.4 Å². The summed E-state index contributed by atoms with van der Waals surface area (Å²) in [6.07, 6.45) is 1.99. The summed E-state index contributed by atoms with van der Waals surface area (Å²) >= 11 is 3.39. The van der Waals surface area contributed by atoms with Crippen molar-refractivity contribution in [1.82, 2.24) is 19.9 Å². The first-order chi connectivity index (χ1) is 16.2. The Hall–Kier alpha value is -2.52. The van der Waals surface area contributed by atoms with Crippen molar-refractivity contribution in [1.29, 1.82) is 0 Å². The molecule has 1 fully saturated rings. The maximum atomic E-state index is 12.9. The molecule has 5 nitrogen and oxygen atoms in total. The van der Waals surface area contributed by atoms with Crippen molar-refractivity contribution in [2.24, 2.45) is 0 Å². The molecule has 0 aliphatic carbocycles. The average Bonchev–Trinajstić information content (AvgIpc) is 2.80. The predicted octanol–water partition coefficient (Wildman–Crippen LogP) is 6.22. The van der Waals surface area contributed by atoms with Crippen molar-refractivity contribution in [3.05, 3.63) is 70.6 Å². The molecule has 1 aromatic carbocycles. The Labute approximate surface area is 206 Å². The molecule has 2 aromatic heterocycles. The number of piperidine rings is 1. The molecule has 1 aliphatic rings. The van der Waals surface area contributed by atoms with E-state index in [9.17, 15) is 13.2 Å². The quantitative estimate of drug-likeness (QED) is 0.381. The van der Waals surface area contributed by atoms with Crippen molar-refractivity contribution in [2.75, 3.05) is 11.9 Å². The number of anilines is 1. The summed E-state index contributed by atoms with van der Waals surface area (Å²) in [7, 11) is 0. The zero-order chi connectivity index (χ0) is 24.3. The van der Waals surface area contributed by atoms with E-state index in [0.717, 1.165) is 42.5 Å². The molecule has 3 heterocycles. The molecular weight excluding hydrogens is 507 g/mol. The van der Waals surface area contributed by atoms with Crippen LogP contribution >= 0.6 is 15.9 Å². The van der Waals surface area contributed by atoms with Crippen LogP contribution in [0.4, 0.5) is 19.1 Å². The first-order valence-electron chi connectivity index (χ1n) is 11.3. The van der Waals surface area contributed by atoms with Crippen LogP contribution in [0.15, 0.2) is 59.5 Å². The predicted molar refractivity (Wildman–Crippen MR) is 130 cm³/mol. The zero-order valence-corrected chi connectivity index (χ0v) is 20.6. The molecule has 0 spiro atoms. The molecule has 34 heavy (non-hydrogen) atoms. The minimum absolute atomic E-state index is 0.200. The summed E-state index contributed by atoms with van der Waals surface area (Å²) in [6.45, 7) is 5.40. The highest BCUT2D eigenvalue weighted by Crippen LogP contribution is 2.31. The van der Waals surface area contributed by atoms with Crippen molar-refractivity contribution >= 4 is 21.9 Å². The van der Waals surface area contributed by atoms with Gasteiger partial charge in [0.1, 0.15) is 4.60 Å². The van der Waals surface area contributed by atoms with Gasteiger partial charge in [0.15, 0.2) is 0 Å². The first-order valence-corrected chi connectivity index (χ1v) is 12.1. The van der Waals surface area contributed by atoms with Crippen LogP contribution in [-0.4, -0.2) is 44.5 Å². The maximum Gasteiger partial charge on any atom is 0.416 e. The van der Waals surface area contributed by atoms with E-state index >= 15 is 0 Å². The van der Waals surface area contributed by atoms with Crippen LogP contribution in [0.3, 0.4) is 0 Å². The van der Waals surface area contributed by atoms with E-state index in [4.69, 9.17) is 0 Å². The topological polar surface area (TPSA) is 53.9 Å². The maximum absolute atomic E-state index is 12.9. The number of aromatic nitrogens is 3. The number of pyridine rings is 1. The summed E-state index contributed by atoms with van der Waals surface area (Å²) in [6, 6.07) is 11.8. The van der Waals surface area contributed by atoms with Crippen LogP contribution in [-0.2, 0) is 12.6 Å². The van der Waals surface area contributed by atoms with Crippen LogP contribution < -0.4 is 5.32 Å². The van der Waals surface area contributed by atoms with E-state index in [2.05, 4.69) is 61.0 Å². The molecule has 180 valence electrons. The number of nitrogens with zero attached hydrogens (tertiary/aromatic N) is 4. The van der Waals surface area contributed by atoms with Gasteiger partial charge in [0.05, 0.1) is 11.3 Å². The van der Waals surface area contributed by atoms with E-state index < -0.39 is 11.7 Å². The molecule has 0 bridgehead atoms. The fraction of sp³-hybridized carbons (Fsp3) is 0.400. The third-order valence-corrected chi connectivity index (χ3v) is 6.65. The van der Waals surface area contributed by atoms with Crippen LogP contribution in [0.5, 0.6) is 0 Å². The summed E-state index contributed by atoms with van der Waals surface area (Å²) in [5.74, 6) is 0.490. The first kappa shape index (κ1) is 24.6. The third-order valence-electron chi connectivity index (χ3n) is 6.18. The van der Waals surface area contributed by atoms with Gasteiger partial charge >= 0.3 is 6.18 Å². The van der Waals surface area contributed by atoms with Crippen molar-refractivity contribution in [3.8, 4) is 11.3 Å². The van der Waals surface area contributed by atoms with Crippen LogP contribution in [0, 0.1) is 0 Å². The molecule has 1 N–H and O–H groups in total. The lowest BCUT2D eigenvalue weighted by atomic mass is 9.91. The molecule has 0 amide bonds. The van der Waals surface area contributed by atoms with E-state index in [-0.39, 0.29) is 6.04 Å². The summed E-state index contributed by atoms with van der Waals surface area (Å²) < 4.78 is 39.4. The molecule has 3 aromatic rings. The van der Waals surface area contributed by atoms with Crippen molar-refractivity contribution < 1.29 is 13.2 Å². The summed E-state index contributed by atoms with van der Waals surface area (Å²) in [5, 5.41) is 3.46. The number of alkyl halides is 3. The number of rotatable bonds is 6. The standard InChI is InChI=1S/C25H27BrF3N5/c1-16(2)34-12-10-20(14-21(34)13-17-3-8-23(26)31-15-17)32-24-30-11-9-22(33-24)18-4-6-19(7-5-18)25(27,28)29/h3-9,11,15-16,20-21H,10,12-14H2,1-2H3,(H,30,32,33). The molecule has 0 radical (unpaired) electrons. The normalized spacial score (nSPS) is 19.4. The highest BCUT2D eigenvalue weighted by atomic mass is 79.9. The minimum atomic E-state index is -4.36. The Balaban J connectivity index is 1.46. The van der Waals surface area contributed by atoms with Gasteiger partial charge in [-0.3, -0.25) is 4.90 Å². The molecule has 1 saturated heterocycles. The Morgan fingerprint density at radius 3 is 2.50 bits per heavy atom. The SMILES string of the molecule is CC(C)N1CCC(Nc2nccc(-c3ccc(C(F)(F)F)cc3)n2)CC1Cc1ccc(Br)nc1. The minimum Gasteiger partial charge on any atom is -0.351 e. The fourth-order valence-electron chi connectivity index (χ4n) is 4.48. The van der Waals surface area contributed by atoms with E-state index in [0.29, 0.717) is 29.3 Å². The second-order valence-electron chi connectivity index (χ2n) is 8.88. The van der Waals surface area contributed by atoms with Gasteiger partial charge in [-0.25, -0.2) is 15.0 Å². The largest absolute Gasteiger partial charge is 0.416 e. The van der Waals surface area contributed by atoms with E-state index in [1.165, 1.54) is 17.7 Å². The molecule has 4 rings (SSSR count). The van der Waals surface area contributed by atoms with Gasteiger partial charge in [0, 0.05) is 42.6 Å². The highest BCUT2D eigenvalue weighted by Gasteiger charge is 2.31. The Kier molecular flexibility index (Phi) is 7.52. The van der Waals surface area contributed by atoms with Gasteiger partial charge in [-0.15, -0.1) is 0 Å². The molecule has 1 aliphatic heterocycles. The van der Waals surface area contributed by atoms with Crippen LogP contribution in [0.2, 0.25) is 0 Å². The average molecular weight is 534 g/mol. The monoisotopic (exact) mass is 533 g/mol. The second-order valence-corrected chi connectivity index (χ2v) is 9.70. The molecule has 2 atom stereocenters. The fourth-order valence-corrected chi connectivity index (χ4v) is 4.72. The molecular formula is C25H27BrF3N5. The highest BCUT2D eigenvalue weighted by molar-refractivity contribution is 9.10. The number of hydrogen-bond acceptors (Lipinski definition) is 5. The van der Waals surface area contributed by atoms with Gasteiger partial charge in [0.25, 0.3) is 0 Å². The Morgan fingerprint density at radius 1 is 1.09 bits per heavy atom. The Morgan fingerprint density at radius 2 is 1.85 bits per heavy atom. The lowest BCUT2D eigenvalue weighted by molar-refractivity contribution is -0.137. The number of likely N-dealkylation sites (tertiary alicyclic amines) is 1. The van der Waals surface area contributed by atoms with Crippen LogP contribution in [0.1, 0.15) is 37.8 Å². The van der Waals surface area contributed by atoms with Gasteiger partial charge in [-0.1, -0.05) is 18.2 Å². The van der Waals surface area contributed by atoms with Crippen LogP contribution in [0.25, 0.3) is 11.3 Å². The number of halogens is 4. The van der Waals surface area contributed by atoms with E-state index in [1.54, 1.807) is 12.3 Å². The Bertz CT molecular complexity index is 1090. The molecule has 0 saturated carbocycles. The number of nitrogens with one attached hydrogen (secondary N) is 1. The lowest BCUT2D eigenvalue weighted by Gasteiger charge is -2.42. The van der Waals surface area contributed by atoms with Gasteiger partial charge in [-0.2, -0.15) is 13.2 Å². The second kappa shape index (κ2) is 10.4. The van der Waals surface area contributed by atoms with Crippen molar-refractivity contribution in [3.63, 3.8) is 0 Å². The smallest absolute Gasteiger partial charge is 0.351 e. The lowest BCUT2D eigenvalue weighted by Crippen LogP contribution is -2.50. The van der Waals surface area contributed by atoms with E-state index in [1.807, 2.05) is 12.3 Å².